The largest absolute Gasteiger partial charge is 0.497 e. The van der Waals surface area contributed by atoms with Crippen molar-refractivity contribution >= 4 is 23.4 Å². The molecule has 1 atom stereocenters. The molecule has 0 saturated heterocycles. The number of fused-ring (bicyclic) bond motifs is 1. The first-order valence-corrected chi connectivity index (χ1v) is 11.7. The van der Waals surface area contributed by atoms with Gasteiger partial charge in [-0.3, -0.25) is 4.79 Å². The molecule has 32 heavy (non-hydrogen) atoms. The summed E-state index contributed by atoms with van der Waals surface area (Å²) in [6, 6.07) is 15.7. The number of carbonyl (C=O) groups is 1. The molecule has 3 aromatic rings. The Balaban J connectivity index is 1.45. The Kier molecular flexibility index (Phi) is 6.69. The van der Waals surface area contributed by atoms with Crippen LogP contribution in [0.15, 0.2) is 53.7 Å². The van der Waals surface area contributed by atoms with Gasteiger partial charge in [0.15, 0.2) is 17.1 Å². The van der Waals surface area contributed by atoms with Crippen LogP contribution in [-0.2, 0) is 11.2 Å². The van der Waals surface area contributed by atoms with Crippen LogP contribution in [-0.4, -0.2) is 40.1 Å². The predicted molar refractivity (Wildman–Crippen MR) is 126 cm³/mol. The molecule has 1 unspecified atom stereocenters. The van der Waals surface area contributed by atoms with Crippen molar-refractivity contribution in [3.8, 4) is 11.5 Å². The third kappa shape index (κ3) is 4.60. The number of aromatic nitrogens is 3. The number of rotatable bonds is 8. The number of carbonyl (C=O) groups excluding carboxylic acids is 1. The number of nitrogens with zero attached hydrogens (tertiary/aromatic N) is 4. The van der Waals surface area contributed by atoms with E-state index >= 15 is 0 Å². The zero-order valence-corrected chi connectivity index (χ0v) is 19.6. The number of thioether (sulfide) groups is 1. The average molecular weight is 453 g/mol. The minimum atomic E-state index is -0.297. The lowest BCUT2D eigenvalue weighted by Crippen LogP contribution is -2.30. The van der Waals surface area contributed by atoms with E-state index in [-0.39, 0.29) is 18.1 Å². The zero-order valence-electron chi connectivity index (χ0n) is 18.8. The quantitative estimate of drug-likeness (QED) is 0.462. The van der Waals surface area contributed by atoms with Crippen molar-refractivity contribution in [2.75, 3.05) is 24.3 Å². The maximum absolute atomic E-state index is 12.9. The molecule has 0 radical (unpaired) electrons. The summed E-state index contributed by atoms with van der Waals surface area (Å²) in [7, 11) is 1.63. The Labute approximate surface area is 192 Å². The molecule has 0 saturated carbocycles. The molecule has 7 nitrogen and oxygen atoms in total. The van der Waals surface area contributed by atoms with Crippen LogP contribution in [0, 0.1) is 0 Å². The summed E-state index contributed by atoms with van der Waals surface area (Å²) >= 11 is 1.42. The number of methoxy groups -OCH3 is 1. The number of anilines is 1. The van der Waals surface area contributed by atoms with Gasteiger partial charge in [0.2, 0.25) is 5.91 Å². The number of amides is 1. The van der Waals surface area contributed by atoms with E-state index < -0.39 is 0 Å². The van der Waals surface area contributed by atoms with E-state index in [2.05, 4.69) is 30.1 Å². The van der Waals surface area contributed by atoms with Crippen molar-refractivity contribution in [3.05, 3.63) is 59.9 Å². The van der Waals surface area contributed by atoms with Gasteiger partial charge in [0.05, 0.1) is 12.9 Å². The molecule has 2 heterocycles. The van der Waals surface area contributed by atoms with Crippen LogP contribution >= 0.6 is 11.8 Å². The van der Waals surface area contributed by atoms with Crippen LogP contribution in [0.1, 0.15) is 44.3 Å². The Hall–Kier alpha value is -3.00. The summed E-state index contributed by atoms with van der Waals surface area (Å²) in [4.78, 5) is 14.8. The molecule has 8 heteroatoms. The summed E-state index contributed by atoms with van der Waals surface area (Å²) < 4.78 is 13.3. The van der Waals surface area contributed by atoms with Crippen LogP contribution in [0.3, 0.4) is 0 Å². The minimum absolute atomic E-state index is 0.0855. The van der Waals surface area contributed by atoms with E-state index in [1.54, 1.807) is 7.11 Å². The van der Waals surface area contributed by atoms with Gasteiger partial charge < -0.3 is 18.9 Å². The summed E-state index contributed by atoms with van der Waals surface area (Å²) in [5.41, 5.74) is 2.24. The van der Waals surface area contributed by atoms with E-state index in [1.807, 2.05) is 58.9 Å². The van der Waals surface area contributed by atoms with Crippen LogP contribution in [0.25, 0.3) is 0 Å². The number of para-hydroxylation sites is 1. The number of hydrogen-bond donors (Lipinski definition) is 0. The van der Waals surface area contributed by atoms with Crippen LogP contribution in [0.5, 0.6) is 11.5 Å². The summed E-state index contributed by atoms with van der Waals surface area (Å²) in [5.74, 6) is 2.64. The molecule has 1 amide bonds. The molecule has 4 rings (SSSR count). The van der Waals surface area contributed by atoms with E-state index in [0.717, 1.165) is 41.1 Å². The topological polar surface area (TPSA) is 69.5 Å². The maximum Gasteiger partial charge on any atom is 0.237 e. The van der Waals surface area contributed by atoms with E-state index in [0.29, 0.717) is 5.75 Å². The predicted octanol–water partition coefficient (Wildman–Crippen LogP) is 4.69. The smallest absolute Gasteiger partial charge is 0.237 e. The summed E-state index contributed by atoms with van der Waals surface area (Å²) in [6.45, 7) is 6.84. The fraction of sp³-hybridized carbons (Fsp3) is 0.375. The Morgan fingerprint density at radius 1 is 1.06 bits per heavy atom. The van der Waals surface area contributed by atoms with Crippen LogP contribution in [0.2, 0.25) is 0 Å². The second-order valence-electron chi connectivity index (χ2n) is 7.95. The molecular weight excluding hydrogens is 424 g/mol. The van der Waals surface area contributed by atoms with Gasteiger partial charge in [0.1, 0.15) is 11.5 Å². The highest BCUT2D eigenvalue weighted by molar-refractivity contribution is 7.99. The number of benzene rings is 2. The average Bonchev–Trinajstić information content (AvgIpc) is 3.42. The SMILES string of the molecule is COc1ccc(OC(C)c2nnc(SCC(=O)N3CCc4ccccc43)n2C(C)C)cc1. The molecule has 1 aromatic heterocycles. The van der Waals surface area contributed by atoms with Crippen molar-refractivity contribution in [2.45, 2.75) is 44.5 Å². The highest BCUT2D eigenvalue weighted by atomic mass is 32.2. The van der Waals surface area contributed by atoms with Gasteiger partial charge in [-0.2, -0.15) is 0 Å². The van der Waals surface area contributed by atoms with Gasteiger partial charge in [-0.05, 0) is 63.1 Å². The molecular formula is C24H28N4O3S. The normalized spacial score (nSPS) is 13.8. The first kappa shape index (κ1) is 22.2. The third-order valence-corrected chi connectivity index (χ3v) is 6.38. The fourth-order valence-electron chi connectivity index (χ4n) is 3.86. The Bertz CT molecular complexity index is 1080. The van der Waals surface area contributed by atoms with Gasteiger partial charge in [-0.1, -0.05) is 30.0 Å². The van der Waals surface area contributed by atoms with Gasteiger partial charge >= 0.3 is 0 Å². The monoisotopic (exact) mass is 452 g/mol. The molecule has 0 bridgehead atoms. The standard InChI is InChI=1S/C24H28N4O3S/c1-16(2)28-23(17(3)31-20-11-9-19(30-4)10-12-20)25-26-24(28)32-15-22(29)27-14-13-18-7-5-6-8-21(18)27/h5-12,16-17H,13-15H2,1-4H3. The molecule has 0 fully saturated rings. The number of hydrogen-bond acceptors (Lipinski definition) is 6. The fourth-order valence-corrected chi connectivity index (χ4v) is 4.81. The molecule has 2 aromatic carbocycles. The van der Waals surface area contributed by atoms with Gasteiger partial charge in [0.25, 0.3) is 0 Å². The van der Waals surface area contributed by atoms with Crippen LogP contribution in [0.4, 0.5) is 5.69 Å². The summed E-state index contributed by atoms with van der Waals surface area (Å²) in [6.07, 6.45) is 0.605. The van der Waals surface area contributed by atoms with Crippen molar-refractivity contribution in [1.29, 1.82) is 0 Å². The lowest BCUT2D eigenvalue weighted by Gasteiger charge is -2.20. The molecule has 1 aliphatic rings. The molecule has 0 N–H and O–H groups in total. The van der Waals surface area contributed by atoms with Crippen LogP contribution < -0.4 is 14.4 Å². The Morgan fingerprint density at radius 3 is 2.50 bits per heavy atom. The maximum atomic E-state index is 12.9. The summed E-state index contributed by atoms with van der Waals surface area (Å²) in [5, 5.41) is 9.49. The van der Waals surface area contributed by atoms with Crippen molar-refractivity contribution in [2.24, 2.45) is 0 Å². The molecule has 168 valence electrons. The van der Waals surface area contributed by atoms with E-state index in [1.165, 1.54) is 17.3 Å². The highest BCUT2D eigenvalue weighted by Gasteiger charge is 2.26. The highest BCUT2D eigenvalue weighted by Crippen LogP contribution is 2.31. The van der Waals surface area contributed by atoms with Crippen molar-refractivity contribution < 1.29 is 14.3 Å². The van der Waals surface area contributed by atoms with Gasteiger partial charge in [-0.25, -0.2) is 0 Å². The molecule has 0 spiro atoms. The van der Waals surface area contributed by atoms with Crippen molar-refractivity contribution in [1.82, 2.24) is 14.8 Å². The second-order valence-corrected chi connectivity index (χ2v) is 8.90. The number of ether oxygens (including phenoxy) is 2. The third-order valence-electron chi connectivity index (χ3n) is 5.46. The van der Waals surface area contributed by atoms with Gasteiger partial charge in [-0.15, -0.1) is 10.2 Å². The zero-order chi connectivity index (χ0) is 22.7. The van der Waals surface area contributed by atoms with Crippen molar-refractivity contribution in [3.63, 3.8) is 0 Å². The van der Waals surface area contributed by atoms with E-state index in [9.17, 15) is 4.79 Å². The lowest BCUT2D eigenvalue weighted by molar-refractivity contribution is -0.116. The first-order chi connectivity index (χ1) is 15.5. The second kappa shape index (κ2) is 9.65. The minimum Gasteiger partial charge on any atom is -0.497 e. The first-order valence-electron chi connectivity index (χ1n) is 10.7. The Morgan fingerprint density at radius 2 is 1.78 bits per heavy atom. The van der Waals surface area contributed by atoms with Gasteiger partial charge in [0, 0.05) is 18.3 Å². The molecule has 1 aliphatic heterocycles. The lowest BCUT2D eigenvalue weighted by atomic mass is 10.2. The van der Waals surface area contributed by atoms with E-state index in [4.69, 9.17) is 9.47 Å². The molecule has 0 aliphatic carbocycles.